The van der Waals surface area contributed by atoms with E-state index in [1.807, 2.05) is 27.8 Å². The Morgan fingerprint density at radius 1 is 1.18 bits per heavy atom. The van der Waals surface area contributed by atoms with Crippen molar-refractivity contribution < 1.29 is 21.9 Å². The first-order valence-corrected chi connectivity index (χ1v) is 4.47. The molecule has 1 aliphatic rings. The Morgan fingerprint density at radius 3 is 1.55 bits per heavy atom. The van der Waals surface area contributed by atoms with Crippen molar-refractivity contribution in [1.29, 1.82) is 0 Å². The van der Waals surface area contributed by atoms with Crippen LogP contribution < -0.4 is 12.4 Å². The zero-order valence-electron chi connectivity index (χ0n) is 6.72. The first-order chi connectivity index (χ1) is 4.91. The van der Waals surface area contributed by atoms with E-state index in [4.69, 9.17) is 9.47 Å². The van der Waals surface area contributed by atoms with Crippen LogP contribution in [-0.2, 0) is 9.47 Å². The van der Waals surface area contributed by atoms with Crippen molar-refractivity contribution in [3.05, 3.63) is 12.7 Å². The van der Waals surface area contributed by atoms with Crippen molar-refractivity contribution in [2.75, 3.05) is 26.4 Å². The monoisotopic (exact) mass is 188 g/mol. The van der Waals surface area contributed by atoms with E-state index < -0.39 is 0 Å². The van der Waals surface area contributed by atoms with E-state index in [1.165, 1.54) is 0 Å². The zero-order valence-corrected chi connectivity index (χ0v) is 8.89. The van der Waals surface area contributed by atoms with Crippen LogP contribution in [0.3, 0.4) is 0 Å². The van der Waals surface area contributed by atoms with Gasteiger partial charge in [0.15, 0.2) is 0 Å². The second-order valence-corrected chi connectivity index (χ2v) is 2.38. The number of hydrogen-bond acceptors (Lipinski definition) is 2. The van der Waals surface area contributed by atoms with E-state index >= 15 is 0 Å². The van der Waals surface area contributed by atoms with Gasteiger partial charge in [0.05, 0.1) is 26.4 Å². The molecule has 0 spiro atoms. The second-order valence-electron chi connectivity index (χ2n) is 1.80. The zero-order chi connectivity index (χ0) is 7.66. The molecule has 4 heteroatoms. The molecule has 1 aliphatic heterocycles. The van der Waals surface area contributed by atoms with Crippen molar-refractivity contribution in [2.24, 2.45) is 0 Å². The number of halogens is 1. The summed E-state index contributed by atoms with van der Waals surface area (Å²) in [5, 5.41) is 0. The van der Waals surface area contributed by atoms with Crippen LogP contribution in [0.2, 0.25) is 4.55 Å². The number of hydrogen-bond donors (Lipinski definition) is 0. The summed E-state index contributed by atoms with van der Waals surface area (Å²) in [6.07, 6.45) is 1.89. The van der Waals surface area contributed by atoms with E-state index in [9.17, 15) is 0 Å². The van der Waals surface area contributed by atoms with Crippen LogP contribution in [0, 0.1) is 0 Å². The van der Waals surface area contributed by atoms with Gasteiger partial charge in [-0.1, -0.05) is 0 Å². The Bertz CT molecular complexity index is 65.3. The predicted molar refractivity (Wildman–Crippen MR) is 42.4 cm³/mol. The maximum absolute atomic E-state index is 4.94. The third-order valence-corrected chi connectivity index (χ3v) is 1.36. The SMILES string of the molecule is C1COCCO1.C=C[CH2][Mg+].[Cl-]. The van der Waals surface area contributed by atoms with Crippen molar-refractivity contribution >= 4 is 21.7 Å². The normalized spacial score (nSPS) is 15.5. The number of rotatable bonds is 1. The van der Waals surface area contributed by atoms with E-state index in [1.54, 1.807) is 0 Å². The van der Waals surface area contributed by atoms with Gasteiger partial charge >= 0.3 is 38.9 Å². The molecule has 62 valence electrons. The summed E-state index contributed by atoms with van der Waals surface area (Å²) in [5.41, 5.74) is 0. The Balaban J connectivity index is 0. The average molecular weight is 189 g/mol. The van der Waals surface area contributed by atoms with Gasteiger partial charge < -0.3 is 21.9 Å². The first-order valence-electron chi connectivity index (χ1n) is 3.47. The van der Waals surface area contributed by atoms with Crippen molar-refractivity contribution in [2.45, 2.75) is 4.55 Å². The molecule has 0 amide bonds. The molecular weight excluding hydrogens is 176 g/mol. The molecule has 0 saturated carbocycles. The van der Waals surface area contributed by atoms with Crippen LogP contribution in [-0.4, -0.2) is 48.1 Å². The summed E-state index contributed by atoms with van der Waals surface area (Å²) < 4.78 is 11.0. The van der Waals surface area contributed by atoms with Gasteiger partial charge in [0.2, 0.25) is 0 Å². The van der Waals surface area contributed by atoms with Gasteiger partial charge in [0, 0.05) is 0 Å². The van der Waals surface area contributed by atoms with Gasteiger partial charge in [-0.25, -0.2) is 0 Å². The summed E-state index contributed by atoms with van der Waals surface area (Å²) in [7, 11) is 0. The summed E-state index contributed by atoms with van der Waals surface area (Å²) in [6.45, 7) is 6.60. The minimum atomic E-state index is 0. The molecule has 2 nitrogen and oxygen atoms in total. The van der Waals surface area contributed by atoms with Crippen molar-refractivity contribution in [3.8, 4) is 0 Å². The number of ether oxygens (including phenoxy) is 2. The van der Waals surface area contributed by atoms with Gasteiger partial charge in [-0.05, 0) is 0 Å². The minimum Gasteiger partial charge on any atom is -1.00 e. The predicted octanol–water partition coefficient (Wildman–Crippen LogP) is -2.20. The minimum absolute atomic E-state index is 0. The third kappa shape index (κ3) is 13.7. The van der Waals surface area contributed by atoms with Crippen molar-refractivity contribution in [3.63, 3.8) is 0 Å². The number of allylic oxidation sites excluding steroid dienone is 1. The fourth-order valence-corrected chi connectivity index (χ4v) is 0.440. The standard InChI is InChI=1S/C4H8O2.C3H5.ClH.Mg/c1-2-6-4-3-5-1;1-3-2;;/h1-4H2;3H,1-2H2;1H;/q;;;+1/p-1. The topological polar surface area (TPSA) is 18.5 Å². The molecule has 1 rings (SSSR count). The Morgan fingerprint density at radius 2 is 1.45 bits per heavy atom. The van der Waals surface area contributed by atoms with Gasteiger partial charge in [-0.3, -0.25) is 0 Å². The fourth-order valence-electron chi connectivity index (χ4n) is 0.440. The van der Waals surface area contributed by atoms with E-state index in [-0.39, 0.29) is 12.4 Å². The molecular formula is C7H13ClMgO2. The van der Waals surface area contributed by atoms with Gasteiger partial charge in [0.25, 0.3) is 0 Å². The maximum atomic E-state index is 4.94. The molecule has 0 atom stereocenters. The van der Waals surface area contributed by atoms with Gasteiger partial charge in [-0.2, -0.15) is 0 Å². The van der Waals surface area contributed by atoms with Gasteiger partial charge in [0.1, 0.15) is 0 Å². The van der Waals surface area contributed by atoms with Crippen LogP contribution in [0.5, 0.6) is 0 Å². The smallest absolute Gasteiger partial charge is 1.00 e. The molecule has 0 aromatic heterocycles. The molecule has 1 saturated heterocycles. The molecule has 0 aromatic rings. The van der Waals surface area contributed by atoms with Gasteiger partial charge in [-0.15, -0.1) is 0 Å². The molecule has 0 radical (unpaired) electrons. The molecule has 1 heterocycles. The van der Waals surface area contributed by atoms with Crippen LogP contribution in [0.4, 0.5) is 0 Å². The van der Waals surface area contributed by atoms with Crippen molar-refractivity contribution in [1.82, 2.24) is 0 Å². The Labute approximate surface area is 87.2 Å². The molecule has 0 N–H and O–H groups in total. The average Bonchev–Trinajstić information content (AvgIpc) is 2.08. The summed E-state index contributed by atoms with van der Waals surface area (Å²) in [6, 6.07) is 0. The molecule has 1 fully saturated rings. The molecule has 11 heavy (non-hydrogen) atoms. The third-order valence-electron chi connectivity index (χ3n) is 0.948. The fraction of sp³-hybridized carbons (Fsp3) is 0.714. The first kappa shape index (κ1) is 14.3. The summed E-state index contributed by atoms with van der Waals surface area (Å²) in [4.78, 5) is 0. The molecule has 0 bridgehead atoms. The van der Waals surface area contributed by atoms with Crippen LogP contribution in [0.1, 0.15) is 0 Å². The molecule has 0 aliphatic carbocycles. The van der Waals surface area contributed by atoms with Crippen LogP contribution in [0.15, 0.2) is 12.7 Å². The van der Waals surface area contributed by atoms with E-state index in [2.05, 4.69) is 6.58 Å². The second kappa shape index (κ2) is 13.3. The van der Waals surface area contributed by atoms with Crippen LogP contribution in [0.25, 0.3) is 0 Å². The van der Waals surface area contributed by atoms with Crippen LogP contribution >= 0.6 is 0 Å². The Kier molecular flexibility index (Phi) is 17.3. The molecule has 0 aromatic carbocycles. The maximum Gasteiger partial charge on any atom is -1.00 e. The quantitative estimate of drug-likeness (QED) is 0.344. The summed E-state index contributed by atoms with van der Waals surface area (Å²) >= 11 is 1.90. The largest absolute Gasteiger partial charge is 1.00 e. The van der Waals surface area contributed by atoms with E-state index in [0.29, 0.717) is 0 Å². The van der Waals surface area contributed by atoms with E-state index in [0.717, 1.165) is 31.0 Å². The molecule has 0 unspecified atom stereocenters. The summed E-state index contributed by atoms with van der Waals surface area (Å²) in [5.74, 6) is 0. The Hall–Kier alpha value is 0.716.